The topological polar surface area (TPSA) is 35.2 Å². The Morgan fingerprint density at radius 3 is 2.63 bits per heavy atom. The first-order chi connectivity index (χ1) is 9.13. The minimum absolute atomic E-state index is 0.201. The summed E-state index contributed by atoms with van der Waals surface area (Å²) in [6.07, 6.45) is 0.476. The van der Waals surface area contributed by atoms with Crippen molar-refractivity contribution in [1.82, 2.24) is 0 Å². The summed E-state index contributed by atoms with van der Waals surface area (Å²) in [4.78, 5) is 0. The van der Waals surface area contributed by atoms with Gasteiger partial charge in [-0.25, -0.2) is 4.39 Å². The number of ether oxygens (including phenoxy) is 1. The van der Waals surface area contributed by atoms with Crippen molar-refractivity contribution in [2.24, 2.45) is 5.73 Å². The van der Waals surface area contributed by atoms with Gasteiger partial charge in [-0.3, -0.25) is 0 Å². The highest BCUT2D eigenvalue weighted by Crippen LogP contribution is 2.27. The predicted octanol–water partition coefficient (Wildman–Crippen LogP) is 3.73. The Morgan fingerprint density at radius 2 is 1.95 bits per heavy atom. The summed E-state index contributed by atoms with van der Waals surface area (Å²) in [5.74, 6) is -0.211. The van der Waals surface area contributed by atoms with Crippen molar-refractivity contribution in [2.45, 2.75) is 12.5 Å². The standard InChI is InChI=1S/C15H15ClFNO/c1-19-14-8-4-6-11(15(14)17)13(18)9-10-5-2-3-7-12(10)16/h2-8,13H,9,18H2,1H3. The first-order valence-corrected chi connectivity index (χ1v) is 6.32. The van der Waals surface area contributed by atoms with Crippen molar-refractivity contribution >= 4 is 11.6 Å². The van der Waals surface area contributed by atoms with Gasteiger partial charge in [0.25, 0.3) is 0 Å². The number of hydrogen-bond donors (Lipinski definition) is 1. The molecule has 100 valence electrons. The summed E-state index contributed by atoms with van der Waals surface area (Å²) in [7, 11) is 1.43. The second kappa shape index (κ2) is 6.04. The average molecular weight is 280 g/mol. The quantitative estimate of drug-likeness (QED) is 0.925. The lowest BCUT2D eigenvalue weighted by Gasteiger charge is -2.15. The smallest absolute Gasteiger partial charge is 0.169 e. The lowest BCUT2D eigenvalue weighted by atomic mass is 9.99. The summed E-state index contributed by atoms with van der Waals surface area (Å²) in [6, 6.07) is 11.9. The van der Waals surface area contributed by atoms with E-state index in [1.807, 2.05) is 18.2 Å². The molecule has 0 radical (unpaired) electrons. The molecular formula is C15H15ClFNO. The molecule has 2 N–H and O–H groups in total. The Bertz CT molecular complexity index is 574. The zero-order chi connectivity index (χ0) is 13.8. The van der Waals surface area contributed by atoms with Gasteiger partial charge in [-0.15, -0.1) is 0 Å². The Hall–Kier alpha value is -1.58. The molecule has 1 unspecified atom stereocenters. The minimum atomic E-state index is -0.463. The molecule has 0 saturated heterocycles. The summed E-state index contributed by atoms with van der Waals surface area (Å²) in [5, 5.41) is 0.640. The molecule has 0 spiro atoms. The number of rotatable bonds is 4. The van der Waals surface area contributed by atoms with Crippen molar-refractivity contribution in [3.05, 3.63) is 64.4 Å². The number of benzene rings is 2. The maximum atomic E-state index is 14.1. The van der Waals surface area contributed by atoms with Crippen LogP contribution in [-0.4, -0.2) is 7.11 Å². The summed E-state index contributed by atoms with van der Waals surface area (Å²) in [5.41, 5.74) is 7.40. The van der Waals surface area contributed by atoms with Gasteiger partial charge in [0, 0.05) is 16.6 Å². The summed E-state index contributed by atoms with van der Waals surface area (Å²) < 4.78 is 19.0. The van der Waals surface area contributed by atoms with Gasteiger partial charge in [-0.05, 0) is 24.1 Å². The van der Waals surface area contributed by atoms with Crippen LogP contribution in [0.2, 0.25) is 5.02 Å². The van der Waals surface area contributed by atoms with Crippen molar-refractivity contribution in [2.75, 3.05) is 7.11 Å². The molecule has 19 heavy (non-hydrogen) atoms. The molecule has 0 saturated carbocycles. The highest BCUT2D eigenvalue weighted by atomic mass is 35.5. The van der Waals surface area contributed by atoms with Gasteiger partial charge in [-0.1, -0.05) is 41.9 Å². The van der Waals surface area contributed by atoms with Crippen LogP contribution in [-0.2, 0) is 6.42 Å². The fourth-order valence-electron chi connectivity index (χ4n) is 1.98. The minimum Gasteiger partial charge on any atom is -0.494 e. The van der Waals surface area contributed by atoms with Gasteiger partial charge < -0.3 is 10.5 Å². The molecule has 0 aromatic heterocycles. The SMILES string of the molecule is COc1cccc(C(N)Cc2ccccc2Cl)c1F. The van der Waals surface area contributed by atoms with Crippen molar-refractivity contribution < 1.29 is 9.13 Å². The Kier molecular flexibility index (Phi) is 4.40. The van der Waals surface area contributed by atoms with E-state index in [1.165, 1.54) is 7.11 Å². The van der Waals surface area contributed by atoms with Gasteiger partial charge in [0.15, 0.2) is 11.6 Å². The van der Waals surface area contributed by atoms with Gasteiger partial charge in [0.05, 0.1) is 7.11 Å². The van der Waals surface area contributed by atoms with Crippen LogP contribution in [0.25, 0.3) is 0 Å². The van der Waals surface area contributed by atoms with Crippen LogP contribution in [0.15, 0.2) is 42.5 Å². The molecule has 2 nitrogen and oxygen atoms in total. The van der Waals surface area contributed by atoms with E-state index in [-0.39, 0.29) is 5.75 Å². The van der Waals surface area contributed by atoms with Crippen LogP contribution >= 0.6 is 11.6 Å². The zero-order valence-electron chi connectivity index (χ0n) is 10.6. The number of halogens is 2. The number of hydrogen-bond acceptors (Lipinski definition) is 2. The first-order valence-electron chi connectivity index (χ1n) is 5.95. The van der Waals surface area contributed by atoms with Gasteiger partial charge in [0.1, 0.15) is 0 Å². The molecule has 4 heteroatoms. The number of nitrogens with two attached hydrogens (primary N) is 1. The third-order valence-corrected chi connectivity index (χ3v) is 3.38. The first kappa shape index (κ1) is 13.8. The molecule has 2 aromatic carbocycles. The Balaban J connectivity index is 2.26. The van der Waals surface area contributed by atoms with Gasteiger partial charge in [-0.2, -0.15) is 0 Å². The van der Waals surface area contributed by atoms with Crippen molar-refractivity contribution in [3.63, 3.8) is 0 Å². The normalized spacial score (nSPS) is 12.2. The maximum absolute atomic E-state index is 14.1. The van der Waals surface area contributed by atoms with E-state index >= 15 is 0 Å². The van der Waals surface area contributed by atoms with Crippen LogP contribution in [0.1, 0.15) is 17.2 Å². The Morgan fingerprint density at radius 1 is 1.21 bits per heavy atom. The molecule has 0 amide bonds. The van der Waals surface area contributed by atoms with Gasteiger partial charge >= 0.3 is 0 Å². The third kappa shape index (κ3) is 3.06. The van der Waals surface area contributed by atoms with E-state index in [4.69, 9.17) is 22.1 Å². The summed E-state index contributed by atoms with van der Waals surface area (Å²) >= 11 is 6.08. The Labute approximate surface area is 117 Å². The van der Waals surface area contributed by atoms with E-state index in [2.05, 4.69) is 0 Å². The van der Waals surface area contributed by atoms with E-state index < -0.39 is 11.9 Å². The molecular weight excluding hydrogens is 265 g/mol. The van der Waals surface area contributed by atoms with Crippen LogP contribution in [0.3, 0.4) is 0 Å². The van der Waals surface area contributed by atoms with Crippen LogP contribution in [0.5, 0.6) is 5.75 Å². The highest BCUT2D eigenvalue weighted by Gasteiger charge is 2.16. The summed E-state index contributed by atoms with van der Waals surface area (Å²) in [6.45, 7) is 0. The highest BCUT2D eigenvalue weighted by molar-refractivity contribution is 6.31. The number of methoxy groups -OCH3 is 1. The molecule has 0 fully saturated rings. The van der Waals surface area contributed by atoms with Gasteiger partial charge in [0.2, 0.25) is 0 Å². The fraction of sp³-hybridized carbons (Fsp3) is 0.200. The molecule has 2 aromatic rings. The third-order valence-electron chi connectivity index (χ3n) is 3.01. The van der Waals surface area contributed by atoms with Crippen molar-refractivity contribution in [1.29, 1.82) is 0 Å². The largest absolute Gasteiger partial charge is 0.494 e. The van der Waals surface area contributed by atoms with E-state index in [9.17, 15) is 4.39 Å². The second-order valence-corrected chi connectivity index (χ2v) is 4.67. The van der Waals surface area contributed by atoms with E-state index in [0.717, 1.165) is 5.56 Å². The molecule has 0 aliphatic carbocycles. The van der Waals surface area contributed by atoms with Crippen LogP contribution in [0, 0.1) is 5.82 Å². The fourth-order valence-corrected chi connectivity index (χ4v) is 2.20. The van der Waals surface area contributed by atoms with E-state index in [1.54, 1.807) is 24.3 Å². The second-order valence-electron chi connectivity index (χ2n) is 4.27. The molecule has 0 aliphatic rings. The zero-order valence-corrected chi connectivity index (χ0v) is 11.3. The maximum Gasteiger partial charge on any atom is 0.169 e. The van der Waals surface area contributed by atoms with E-state index in [0.29, 0.717) is 17.0 Å². The molecule has 0 aliphatic heterocycles. The van der Waals surface area contributed by atoms with Crippen LogP contribution < -0.4 is 10.5 Å². The lowest BCUT2D eigenvalue weighted by molar-refractivity contribution is 0.382. The predicted molar refractivity (Wildman–Crippen MR) is 75.0 cm³/mol. The lowest BCUT2D eigenvalue weighted by Crippen LogP contribution is -2.15. The molecule has 0 heterocycles. The monoisotopic (exact) mass is 279 g/mol. The molecule has 0 bridgehead atoms. The average Bonchev–Trinajstić information content (AvgIpc) is 2.41. The molecule has 1 atom stereocenters. The van der Waals surface area contributed by atoms with Crippen LogP contribution in [0.4, 0.5) is 4.39 Å². The molecule has 2 rings (SSSR count). The van der Waals surface area contributed by atoms with Crippen molar-refractivity contribution in [3.8, 4) is 5.75 Å².